The maximum absolute atomic E-state index is 11.8. The van der Waals surface area contributed by atoms with Gasteiger partial charge in [-0.1, -0.05) is 6.92 Å². The third-order valence-corrected chi connectivity index (χ3v) is 3.27. The van der Waals surface area contributed by atoms with Crippen LogP contribution in [0.15, 0.2) is 12.3 Å². The fraction of sp³-hybridized carbons (Fsp3) is 0.667. The molecular formula is C12H21N5O. The highest BCUT2D eigenvalue weighted by Crippen LogP contribution is 2.17. The summed E-state index contributed by atoms with van der Waals surface area (Å²) in [7, 11) is 0. The van der Waals surface area contributed by atoms with Gasteiger partial charge in [-0.2, -0.15) is 5.10 Å². The average Bonchev–Trinajstić information content (AvgIpc) is 2.72. The summed E-state index contributed by atoms with van der Waals surface area (Å²) in [6, 6.07) is 2.55. The number of aromatic nitrogens is 2. The molecule has 0 spiro atoms. The Balaban J connectivity index is 1.85. The van der Waals surface area contributed by atoms with Crippen molar-refractivity contribution in [2.45, 2.75) is 32.4 Å². The van der Waals surface area contributed by atoms with E-state index in [1.807, 2.05) is 10.7 Å². The summed E-state index contributed by atoms with van der Waals surface area (Å²) in [6.07, 6.45) is 2.73. The lowest BCUT2D eigenvalue weighted by Gasteiger charge is -2.28. The Morgan fingerprint density at radius 3 is 3.06 bits per heavy atom. The van der Waals surface area contributed by atoms with Gasteiger partial charge in [0, 0.05) is 25.2 Å². The van der Waals surface area contributed by atoms with E-state index in [9.17, 15) is 4.79 Å². The van der Waals surface area contributed by atoms with Gasteiger partial charge in [0.05, 0.1) is 18.8 Å². The van der Waals surface area contributed by atoms with Crippen LogP contribution >= 0.6 is 0 Å². The summed E-state index contributed by atoms with van der Waals surface area (Å²) in [5, 5.41) is 13.5. The number of carbonyl (C=O) groups excluding carboxylic acids is 1. The molecule has 6 heteroatoms. The molecule has 18 heavy (non-hydrogen) atoms. The quantitative estimate of drug-likeness (QED) is 0.682. The van der Waals surface area contributed by atoms with Crippen molar-refractivity contribution in [1.29, 1.82) is 0 Å². The maximum Gasteiger partial charge on any atom is 0.239 e. The van der Waals surface area contributed by atoms with Crippen molar-refractivity contribution in [1.82, 2.24) is 20.4 Å². The second-order valence-electron chi connectivity index (χ2n) is 4.71. The topological polar surface area (TPSA) is 71.0 Å². The second-order valence-corrected chi connectivity index (χ2v) is 4.71. The molecule has 1 aliphatic heterocycles. The summed E-state index contributed by atoms with van der Waals surface area (Å²) in [5.41, 5.74) is 0. The average molecular weight is 251 g/mol. The molecule has 1 aliphatic rings. The number of nitrogens with zero attached hydrogens (tertiary/aromatic N) is 2. The summed E-state index contributed by atoms with van der Waals surface area (Å²) in [6.45, 7) is 6.32. The molecule has 1 aromatic rings. The number of amides is 1. The van der Waals surface area contributed by atoms with Crippen LogP contribution in [0, 0.1) is 0 Å². The van der Waals surface area contributed by atoms with Gasteiger partial charge in [0.15, 0.2) is 0 Å². The van der Waals surface area contributed by atoms with E-state index < -0.39 is 0 Å². The highest BCUT2D eigenvalue weighted by Gasteiger charge is 2.22. The lowest BCUT2D eigenvalue weighted by atomic mass is 10.2. The highest BCUT2D eigenvalue weighted by atomic mass is 16.2. The zero-order valence-electron chi connectivity index (χ0n) is 10.9. The summed E-state index contributed by atoms with van der Waals surface area (Å²) in [5.74, 6) is 0.752. The predicted molar refractivity (Wildman–Crippen MR) is 70.5 cm³/mol. The van der Waals surface area contributed by atoms with Crippen LogP contribution in [0.3, 0.4) is 0 Å². The van der Waals surface area contributed by atoms with Crippen LogP contribution < -0.4 is 16.0 Å². The first-order chi connectivity index (χ1) is 8.70. The van der Waals surface area contributed by atoms with Crippen LogP contribution in [0.1, 0.15) is 26.3 Å². The maximum atomic E-state index is 11.8. The molecule has 0 bridgehead atoms. The normalized spacial score (nSPS) is 17.2. The molecular weight excluding hydrogens is 230 g/mol. The first kappa shape index (κ1) is 13.0. The summed E-state index contributed by atoms with van der Waals surface area (Å²) < 4.78 is 1.87. The van der Waals surface area contributed by atoms with Gasteiger partial charge in [0.1, 0.15) is 5.82 Å². The molecule has 0 aliphatic carbocycles. The van der Waals surface area contributed by atoms with Crippen molar-refractivity contribution < 1.29 is 4.79 Å². The van der Waals surface area contributed by atoms with Crippen molar-refractivity contribution in [3.05, 3.63) is 12.3 Å². The van der Waals surface area contributed by atoms with Gasteiger partial charge >= 0.3 is 0 Å². The largest absolute Gasteiger partial charge is 0.312 e. The molecule has 100 valence electrons. The van der Waals surface area contributed by atoms with Crippen molar-refractivity contribution in [2.24, 2.45) is 0 Å². The van der Waals surface area contributed by atoms with E-state index in [4.69, 9.17) is 0 Å². The van der Waals surface area contributed by atoms with E-state index in [-0.39, 0.29) is 5.91 Å². The minimum Gasteiger partial charge on any atom is -0.312 e. The van der Waals surface area contributed by atoms with Crippen LogP contribution in [-0.4, -0.2) is 41.4 Å². The third-order valence-electron chi connectivity index (χ3n) is 3.27. The van der Waals surface area contributed by atoms with Crippen molar-refractivity contribution in [3.8, 4) is 0 Å². The molecule has 1 unspecified atom stereocenters. The SMILES string of the molecule is CCC(C)NCC(=O)Nc1ccnn1C1CNC1. The van der Waals surface area contributed by atoms with Crippen LogP contribution in [0.25, 0.3) is 0 Å². The zero-order valence-corrected chi connectivity index (χ0v) is 10.9. The molecule has 1 atom stereocenters. The Hall–Kier alpha value is -1.40. The van der Waals surface area contributed by atoms with E-state index in [0.29, 0.717) is 18.6 Å². The van der Waals surface area contributed by atoms with Gasteiger partial charge in [0.2, 0.25) is 5.91 Å². The lowest BCUT2D eigenvalue weighted by Crippen LogP contribution is -2.44. The Kier molecular flexibility index (Phi) is 4.33. The summed E-state index contributed by atoms with van der Waals surface area (Å²) in [4.78, 5) is 11.8. The minimum absolute atomic E-state index is 0.0238. The standard InChI is InChI=1S/C12H21N5O/c1-3-9(2)14-8-12(18)16-11-4-5-15-17(11)10-6-13-7-10/h4-5,9-10,13-14H,3,6-8H2,1-2H3,(H,16,18). The Morgan fingerprint density at radius 1 is 1.67 bits per heavy atom. The van der Waals surface area contributed by atoms with Crippen LogP contribution in [0.5, 0.6) is 0 Å². The van der Waals surface area contributed by atoms with E-state index in [1.54, 1.807) is 6.20 Å². The number of nitrogens with one attached hydrogen (secondary N) is 3. The van der Waals surface area contributed by atoms with Crippen LogP contribution in [-0.2, 0) is 4.79 Å². The molecule has 3 N–H and O–H groups in total. The first-order valence-corrected chi connectivity index (χ1v) is 6.48. The van der Waals surface area contributed by atoms with Gasteiger partial charge in [-0.15, -0.1) is 0 Å². The van der Waals surface area contributed by atoms with Crippen LogP contribution in [0.4, 0.5) is 5.82 Å². The minimum atomic E-state index is -0.0238. The molecule has 2 heterocycles. The fourth-order valence-electron chi connectivity index (χ4n) is 1.75. The predicted octanol–water partition coefficient (Wildman–Crippen LogP) is 0.354. The second kappa shape index (κ2) is 5.97. The Bertz CT molecular complexity index is 399. The molecule has 1 amide bonds. The van der Waals surface area contributed by atoms with Gasteiger partial charge in [-0.05, 0) is 13.3 Å². The number of hydrogen-bond acceptors (Lipinski definition) is 4. The zero-order chi connectivity index (χ0) is 13.0. The third kappa shape index (κ3) is 3.08. The van der Waals surface area contributed by atoms with E-state index >= 15 is 0 Å². The molecule has 0 aromatic carbocycles. The van der Waals surface area contributed by atoms with Gasteiger partial charge < -0.3 is 16.0 Å². The molecule has 0 radical (unpaired) electrons. The number of carbonyl (C=O) groups is 1. The number of rotatable bonds is 6. The molecule has 2 rings (SSSR count). The first-order valence-electron chi connectivity index (χ1n) is 6.48. The van der Waals surface area contributed by atoms with E-state index in [1.165, 1.54) is 0 Å². The van der Waals surface area contributed by atoms with E-state index in [0.717, 1.165) is 25.3 Å². The molecule has 0 saturated carbocycles. The molecule has 6 nitrogen and oxygen atoms in total. The Labute approximate surface area is 107 Å². The molecule has 1 aromatic heterocycles. The van der Waals surface area contributed by atoms with Gasteiger partial charge in [-0.25, -0.2) is 4.68 Å². The Morgan fingerprint density at radius 2 is 2.44 bits per heavy atom. The fourth-order valence-corrected chi connectivity index (χ4v) is 1.75. The molecule has 1 fully saturated rings. The lowest BCUT2D eigenvalue weighted by molar-refractivity contribution is -0.115. The smallest absolute Gasteiger partial charge is 0.239 e. The van der Waals surface area contributed by atoms with Gasteiger partial charge in [-0.3, -0.25) is 4.79 Å². The molecule has 1 saturated heterocycles. The summed E-state index contributed by atoms with van der Waals surface area (Å²) >= 11 is 0. The van der Waals surface area contributed by atoms with Crippen molar-refractivity contribution in [2.75, 3.05) is 25.0 Å². The van der Waals surface area contributed by atoms with Crippen molar-refractivity contribution >= 4 is 11.7 Å². The number of anilines is 1. The van der Waals surface area contributed by atoms with Gasteiger partial charge in [0.25, 0.3) is 0 Å². The highest BCUT2D eigenvalue weighted by molar-refractivity contribution is 5.91. The van der Waals surface area contributed by atoms with Crippen LogP contribution in [0.2, 0.25) is 0 Å². The van der Waals surface area contributed by atoms with Crippen molar-refractivity contribution in [3.63, 3.8) is 0 Å². The van der Waals surface area contributed by atoms with E-state index in [2.05, 4.69) is 34.9 Å². The monoisotopic (exact) mass is 251 g/mol. The number of hydrogen-bond donors (Lipinski definition) is 3.